The molecule has 6 aromatic carbocycles. The standard InChI is InChI=1S/C57H56Cl2N8O5/c1-56(2,3)71-54(69)66-45-21-7-31(27-62-37-13-9-35(60)10-14-37)23-33(45)25-47(66)39-17-19-43(58)41-29-64-51(49(39)41)53(68)52-50-40(18-20-44(59)42(50)30-65-52)48-26-34-24-32(28-63-38-15-11-36(61)12-16-38)8-22-46(34)67(48)55(70)72-57(4,5)6/h7-26,51-52,62-65H,27-30,60-61H2,1-6H3. The van der Waals surface area contributed by atoms with Gasteiger partial charge in [0.1, 0.15) is 11.2 Å². The summed E-state index contributed by atoms with van der Waals surface area (Å²) >= 11 is 14.0. The summed E-state index contributed by atoms with van der Waals surface area (Å²) in [5.41, 5.74) is 21.9. The number of anilines is 4. The van der Waals surface area contributed by atoms with Crippen molar-refractivity contribution in [3.05, 3.63) is 165 Å². The lowest BCUT2D eigenvalue weighted by Crippen LogP contribution is -2.32. The quantitative estimate of drug-likeness (QED) is 0.0718. The van der Waals surface area contributed by atoms with Crippen molar-refractivity contribution in [2.24, 2.45) is 0 Å². The molecule has 2 aliphatic heterocycles. The maximum atomic E-state index is 15.6. The van der Waals surface area contributed by atoms with Gasteiger partial charge in [-0.3, -0.25) is 15.4 Å². The minimum Gasteiger partial charge on any atom is -0.443 e. The molecular formula is C57H56Cl2N8O5. The first kappa shape index (κ1) is 48.3. The molecule has 72 heavy (non-hydrogen) atoms. The number of Topliss-reactive ketones (excluding diaryl/α,β-unsaturated/α-hetero) is 1. The fourth-order valence-corrected chi connectivity index (χ4v) is 10.2. The third kappa shape index (κ3) is 9.48. The van der Waals surface area contributed by atoms with Crippen molar-refractivity contribution in [3.8, 4) is 22.5 Å². The first-order valence-electron chi connectivity index (χ1n) is 23.9. The van der Waals surface area contributed by atoms with Gasteiger partial charge in [0.05, 0.1) is 34.5 Å². The monoisotopic (exact) mass is 1000 g/mol. The third-order valence-electron chi connectivity index (χ3n) is 13.0. The van der Waals surface area contributed by atoms with Crippen LogP contribution in [0.25, 0.3) is 44.3 Å². The Morgan fingerprint density at radius 2 is 0.958 bits per heavy atom. The van der Waals surface area contributed by atoms with E-state index in [2.05, 4.69) is 21.3 Å². The lowest BCUT2D eigenvalue weighted by atomic mass is 9.87. The maximum Gasteiger partial charge on any atom is 0.419 e. The molecule has 8 N–H and O–H groups in total. The van der Waals surface area contributed by atoms with E-state index in [1.807, 2.05) is 151 Å². The van der Waals surface area contributed by atoms with Gasteiger partial charge in [-0.25, -0.2) is 18.7 Å². The molecule has 0 radical (unpaired) electrons. The number of rotatable bonds is 10. The Morgan fingerprint density at radius 3 is 1.33 bits per heavy atom. The minimum absolute atomic E-state index is 0.188. The molecule has 8 aromatic rings. The summed E-state index contributed by atoms with van der Waals surface area (Å²) in [6.45, 7) is 12.6. The number of halogens is 2. The average Bonchev–Trinajstić information content (AvgIpc) is 4.14. The zero-order valence-electron chi connectivity index (χ0n) is 40.9. The molecule has 2 unspecified atom stereocenters. The highest BCUT2D eigenvalue weighted by Gasteiger charge is 2.42. The van der Waals surface area contributed by atoms with Crippen LogP contribution in [-0.2, 0) is 40.4 Å². The molecule has 4 heterocycles. The van der Waals surface area contributed by atoms with Gasteiger partial charge >= 0.3 is 12.2 Å². The molecule has 0 aliphatic carbocycles. The second kappa shape index (κ2) is 18.7. The van der Waals surface area contributed by atoms with Crippen LogP contribution in [0.5, 0.6) is 0 Å². The smallest absolute Gasteiger partial charge is 0.419 e. The topological polar surface area (TPSA) is 180 Å². The zero-order valence-corrected chi connectivity index (χ0v) is 42.4. The van der Waals surface area contributed by atoms with E-state index < -0.39 is 35.5 Å². The molecule has 2 atom stereocenters. The molecular weight excluding hydrogens is 948 g/mol. The van der Waals surface area contributed by atoms with Crippen LogP contribution in [-0.4, -0.2) is 38.3 Å². The van der Waals surface area contributed by atoms with E-state index in [1.165, 1.54) is 0 Å². The number of nitrogen functional groups attached to an aromatic ring is 2. The number of benzene rings is 6. The summed E-state index contributed by atoms with van der Waals surface area (Å²) in [4.78, 5) is 44.3. The SMILES string of the molecule is CC(C)(C)OC(=O)n1c(-c2ccc(Cl)c3c2C(C(=O)C2NCc4c(Cl)ccc(-c5cc6cc(CNc7ccc(N)cc7)ccc6n5C(=O)OC(C)(C)C)c42)NC3)cc2cc(CNc3ccc(N)cc3)ccc21. The summed E-state index contributed by atoms with van der Waals surface area (Å²) in [5, 5.41) is 16.5. The van der Waals surface area contributed by atoms with Crippen LogP contribution in [0.1, 0.15) is 87.0 Å². The molecule has 0 fully saturated rings. The van der Waals surface area contributed by atoms with Crippen LogP contribution >= 0.6 is 23.2 Å². The molecule has 10 rings (SSSR count). The highest BCUT2D eigenvalue weighted by molar-refractivity contribution is 6.32. The molecule has 0 amide bonds. The van der Waals surface area contributed by atoms with Crippen molar-refractivity contribution >= 4 is 85.7 Å². The highest BCUT2D eigenvalue weighted by atomic mass is 35.5. The first-order chi connectivity index (χ1) is 34.3. The first-order valence-corrected chi connectivity index (χ1v) is 24.6. The number of hydrogen-bond donors (Lipinski definition) is 6. The lowest BCUT2D eigenvalue weighted by Gasteiger charge is -2.24. The molecule has 2 aliphatic rings. The van der Waals surface area contributed by atoms with Gasteiger partial charge < -0.3 is 31.6 Å². The van der Waals surface area contributed by atoms with Gasteiger partial charge in [-0.05, 0) is 172 Å². The Bertz CT molecular complexity index is 3230. The number of nitrogens with zero attached hydrogens (tertiary/aromatic N) is 2. The molecule has 0 saturated carbocycles. The Hall–Kier alpha value is -7.29. The van der Waals surface area contributed by atoms with Gasteiger partial charge in [0.2, 0.25) is 0 Å². The van der Waals surface area contributed by atoms with E-state index in [1.54, 1.807) is 21.3 Å². The van der Waals surface area contributed by atoms with Crippen LogP contribution in [0, 0.1) is 0 Å². The Balaban J connectivity index is 1.05. The van der Waals surface area contributed by atoms with Gasteiger partial charge in [0.25, 0.3) is 0 Å². The van der Waals surface area contributed by atoms with E-state index in [4.69, 9.17) is 44.1 Å². The molecule has 0 saturated heterocycles. The van der Waals surface area contributed by atoms with Crippen LogP contribution in [0.4, 0.5) is 32.3 Å². The predicted molar refractivity (Wildman–Crippen MR) is 289 cm³/mol. The average molecular weight is 1000 g/mol. The highest BCUT2D eigenvalue weighted by Crippen LogP contribution is 2.47. The number of aromatic nitrogens is 2. The van der Waals surface area contributed by atoms with Crippen molar-refractivity contribution in [2.75, 3.05) is 22.1 Å². The van der Waals surface area contributed by atoms with Crippen LogP contribution in [0.2, 0.25) is 10.0 Å². The van der Waals surface area contributed by atoms with E-state index in [0.717, 1.165) is 44.4 Å². The number of ketones is 1. The predicted octanol–water partition coefficient (Wildman–Crippen LogP) is 12.7. The number of carbonyl (C=O) groups excluding carboxylic acids is 3. The Morgan fingerprint density at radius 1 is 0.569 bits per heavy atom. The summed E-state index contributed by atoms with van der Waals surface area (Å²) in [5.74, 6) is -0.188. The fourth-order valence-electron chi connectivity index (χ4n) is 9.77. The van der Waals surface area contributed by atoms with Gasteiger partial charge in [-0.2, -0.15) is 0 Å². The summed E-state index contributed by atoms with van der Waals surface area (Å²) in [6, 6.07) is 36.5. The van der Waals surface area contributed by atoms with E-state index in [9.17, 15) is 9.59 Å². The van der Waals surface area contributed by atoms with Gasteiger partial charge in [0, 0.05) is 80.9 Å². The molecule has 0 bridgehead atoms. The van der Waals surface area contributed by atoms with Gasteiger partial charge in [-0.15, -0.1) is 0 Å². The van der Waals surface area contributed by atoms with Crippen molar-refractivity contribution < 1.29 is 23.9 Å². The fraction of sp³-hybridized carbons (Fsp3) is 0.246. The van der Waals surface area contributed by atoms with Crippen molar-refractivity contribution in [3.63, 3.8) is 0 Å². The maximum absolute atomic E-state index is 15.6. The Labute approximate surface area is 427 Å². The number of nitrogens with one attached hydrogen (secondary N) is 4. The molecule has 0 spiro atoms. The minimum atomic E-state index is -0.874. The number of nitrogens with two attached hydrogens (primary N) is 2. The number of carbonyl (C=O) groups is 3. The summed E-state index contributed by atoms with van der Waals surface area (Å²) in [6.07, 6.45) is -1.12. The van der Waals surface area contributed by atoms with Crippen LogP contribution in [0.15, 0.2) is 121 Å². The number of fused-ring (bicyclic) bond motifs is 4. The summed E-state index contributed by atoms with van der Waals surface area (Å²) in [7, 11) is 0. The zero-order chi connectivity index (χ0) is 50.8. The second-order valence-corrected chi connectivity index (χ2v) is 21.2. The van der Waals surface area contributed by atoms with Crippen molar-refractivity contribution in [1.29, 1.82) is 0 Å². The third-order valence-corrected chi connectivity index (χ3v) is 13.7. The normalized spacial score (nSPS) is 15.4. The number of hydrogen-bond acceptors (Lipinski definition) is 11. The summed E-state index contributed by atoms with van der Waals surface area (Å²) < 4.78 is 15.3. The van der Waals surface area contributed by atoms with E-state index in [0.29, 0.717) is 92.3 Å². The Kier molecular flexibility index (Phi) is 12.6. The van der Waals surface area contributed by atoms with Crippen molar-refractivity contribution in [1.82, 2.24) is 19.8 Å². The molecule has 13 nitrogen and oxygen atoms in total. The molecule has 15 heteroatoms. The van der Waals surface area contributed by atoms with Crippen LogP contribution < -0.4 is 32.7 Å². The van der Waals surface area contributed by atoms with E-state index >= 15 is 4.79 Å². The van der Waals surface area contributed by atoms with Gasteiger partial charge in [-0.1, -0.05) is 47.5 Å². The van der Waals surface area contributed by atoms with Crippen molar-refractivity contribution in [2.45, 2.75) is 91.0 Å². The molecule has 2 aromatic heterocycles. The second-order valence-electron chi connectivity index (χ2n) is 20.4. The molecule has 368 valence electrons. The lowest BCUT2D eigenvalue weighted by molar-refractivity contribution is -0.123. The largest absolute Gasteiger partial charge is 0.443 e. The van der Waals surface area contributed by atoms with Gasteiger partial charge in [0.15, 0.2) is 5.78 Å². The van der Waals surface area contributed by atoms with E-state index in [-0.39, 0.29) is 5.78 Å². The number of ether oxygens (including phenoxy) is 2. The van der Waals surface area contributed by atoms with Crippen LogP contribution in [0.3, 0.4) is 0 Å².